The van der Waals surface area contributed by atoms with E-state index in [9.17, 15) is 4.79 Å². The van der Waals surface area contributed by atoms with E-state index in [0.29, 0.717) is 19.1 Å². The molecule has 0 unspecified atom stereocenters. The second-order valence-corrected chi connectivity index (χ2v) is 4.83. The second-order valence-electron chi connectivity index (χ2n) is 4.83. The standard InChI is InChI=1S/C11H22N2O2/c1-9(2)7-15-13-10(14)11(8-12)5-3-4-6-11/h9H,3-8,12H2,1-2H3,(H,13,14). The van der Waals surface area contributed by atoms with Gasteiger partial charge in [-0.2, -0.15) is 0 Å². The Morgan fingerprint density at radius 1 is 1.47 bits per heavy atom. The smallest absolute Gasteiger partial charge is 0.251 e. The molecule has 0 radical (unpaired) electrons. The molecule has 0 saturated heterocycles. The van der Waals surface area contributed by atoms with Crippen LogP contribution >= 0.6 is 0 Å². The first-order valence-corrected chi connectivity index (χ1v) is 5.73. The summed E-state index contributed by atoms with van der Waals surface area (Å²) in [6.07, 6.45) is 3.96. The fourth-order valence-electron chi connectivity index (χ4n) is 1.96. The Bertz CT molecular complexity index is 211. The van der Waals surface area contributed by atoms with Gasteiger partial charge in [0.15, 0.2) is 0 Å². The van der Waals surface area contributed by atoms with Gasteiger partial charge in [0, 0.05) is 6.54 Å². The van der Waals surface area contributed by atoms with Crippen molar-refractivity contribution < 1.29 is 9.63 Å². The molecule has 0 aromatic rings. The van der Waals surface area contributed by atoms with Crippen LogP contribution in [0.5, 0.6) is 0 Å². The van der Waals surface area contributed by atoms with Gasteiger partial charge in [-0.15, -0.1) is 0 Å². The second kappa shape index (κ2) is 5.47. The SMILES string of the molecule is CC(C)CONC(=O)C1(CN)CCCC1. The summed E-state index contributed by atoms with van der Waals surface area (Å²) >= 11 is 0. The summed E-state index contributed by atoms with van der Waals surface area (Å²) in [5, 5.41) is 0. The van der Waals surface area contributed by atoms with Crippen LogP contribution in [0.2, 0.25) is 0 Å². The van der Waals surface area contributed by atoms with E-state index in [0.717, 1.165) is 25.7 Å². The summed E-state index contributed by atoms with van der Waals surface area (Å²) in [5.41, 5.74) is 7.85. The number of carbonyl (C=O) groups is 1. The molecule has 15 heavy (non-hydrogen) atoms. The summed E-state index contributed by atoms with van der Waals surface area (Å²) in [6.45, 7) is 5.05. The largest absolute Gasteiger partial charge is 0.329 e. The Morgan fingerprint density at radius 3 is 2.53 bits per heavy atom. The van der Waals surface area contributed by atoms with Gasteiger partial charge >= 0.3 is 0 Å². The van der Waals surface area contributed by atoms with Crippen molar-refractivity contribution in [2.24, 2.45) is 17.1 Å². The maximum absolute atomic E-state index is 11.9. The highest BCUT2D eigenvalue weighted by Crippen LogP contribution is 2.37. The molecule has 0 aliphatic heterocycles. The number of hydrogen-bond acceptors (Lipinski definition) is 3. The molecule has 0 spiro atoms. The predicted molar refractivity (Wildman–Crippen MR) is 58.9 cm³/mol. The van der Waals surface area contributed by atoms with E-state index in [1.165, 1.54) is 0 Å². The van der Waals surface area contributed by atoms with E-state index in [2.05, 4.69) is 5.48 Å². The summed E-state index contributed by atoms with van der Waals surface area (Å²) in [4.78, 5) is 17.0. The molecule has 1 aliphatic rings. The molecule has 1 saturated carbocycles. The lowest BCUT2D eigenvalue weighted by molar-refractivity contribution is -0.144. The van der Waals surface area contributed by atoms with Crippen molar-refractivity contribution in [1.29, 1.82) is 0 Å². The fourth-order valence-corrected chi connectivity index (χ4v) is 1.96. The Kier molecular flexibility index (Phi) is 4.54. The topological polar surface area (TPSA) is 64.3 Å². The third-order valence-electron chi connectivity index (χ3n) is 3.01. The molecule has 1 aliphatic carbocycles. The van der Waals surface area contributed by atoms with Crippen LogP contribution in [-0.4, -0.2) is 19.1 Å². The molecule has 0 bridgehead atoms. The van der Waals surface area contributed by atoms with Crippen LogP contribution in [0.25, 0.3) is 0 Å². The Hall–Kier alpha value is -0.610. The van der Waals surface area contributed by atoms with Crippen molar-refractivity contribution in [3.63, 3.8) is 0 Å². The van der Waals surface area contributed by atoms with Crippen LogP contribution < -0.4 is 11.2 Å². The lowest BCUT2D eigenvalue weighted by atomic mass is 9.86. The molecule has 0 heterocycles. The van der Waals surface area contributed by atoms with E-state index in [-0.39, 0.29) is 11.3 Å². The monoisotopic (exact) mass is 214 g/mol. The van der Waals surface area contributed by atoms with Gasteiger partial charge in [-0.1, -0.05) is 26.7 Å². The fraction of sp³-hybridized carbons (Fsp3) is 0.909. The van der Waals surface area contributed by atoms with E-state index in [1.54, 1.807) is 0 Å². The first-order chi connectivity index (χ1) is 7.10. The van der Waals surface area contributed by atoms with Crippen LogP contribution in [0.1, 0.15) is 39.5 Å². The molecule has 88 valence electrons. The summed E-state index contributed by atoms with van der Waals surface area (Å²) < 4.78 is 0. The highest BCUT2D eigenvalue weighted by molar-refractivity contribution is 5.82. The lowest BCUT2D eigenvalue weighted by Crippen LogP contribution is -2.44. The van der Waals surface area contributed by atoms with Gasteiger partial charge in [-0.3, -0.25) is 9.63 Å². The van der Waals surface area contributed by atoms with E-state index >= 15 is 0 Å². The third-order valence-corrected chi connectivity index (χ3v) is 3.01. The Labute approximate surface area is 91.5 Å². The quantitative estimate of drug-likeness (QED) is 0.676. The van der Waals surface area contributed by atoms with Gasteiger partial charge in [-0.05, 0) is 18.8 Å². The molecule has 4 heteroatoms. The molecule has 1 fully saturated rings. The molecule has 3 N–H and O–H groups in total. The van der Waals surface area contributed by atoms with Crippen molar-refractivity contribution in [3.05, 3.63) is 0 Å². The van der Waals surface area contributed by atoms with Crippen LogP contribution in [0.3, 0.4) is 0 Å². The van der Waals surface area contributed by atoms with Crippen molar-refractivity contribution in [3.8, 4) is 0 Å². The number of nitrogens with two attached hydrogens (primary N) is 1. The zero-order valence-electron chi connectivity index (χ0n) is 9.71. The minimum atomic E-state index is -0.364. The van der Waals surface area contributed by atoms with Gasteiger partial charge in [-0.25, -0.2) is 5.48 Å². The van der Waals surface area contributed by atoms with Crippen molar-refractivity contribution in [2.75, 3.05) is 13.2 Å². The van der Waals surface area contributed by atoms with Gasteiger partial charge in [0.2, 0.25) is 0 Å². The minimum absolute atomic E-state index is 0.0387. The molecule has 0 atom stereocenters. The van der Waals surface area contributed by atoms with Gasteiger partial charge < -0.3 is 5.73 Å². The minimum Gasteiger partial charge on any atom is -0.329 e. The maximum atomic E-state index is 11.9. The van der Waals surface area contributed by atoms with Crippen molar-refractivity contribution in [1.82, 2.24) is 5.48 Å². The van der Waals surface area contributed by atoms with E-state index in [1.807, 2.05) is 13.8 Å². The Balaban J connectivity index is 2.37. The van der Waals surface area contributed by atoms with Crippen molar-refractivity contribution in [2.45, 2.75) is 39.5 Å². The van der Waals surface area contributed by atoms with Crippen LogP contribution in [0.15, 0.2) is 0 Å². The summed E-state index contributed by atoms with van der Waals surface area (Å²) in [5.74, 6) is 0.380. The number of nitrogens with one attached hydrogen (secondary N) is 1. The third kappa shape index (κ3) is 3.18. The van der Waals surface area contributed by atoms with Gasteiger partial charge in [0.25, 0.3) is 5.91 Å². The van der Waals surface area contributed by atoms with Crippen LogP contribution in [0.4, 0.5) is 0 Å². The maximum Gasteiger partial charge on any atom is 0.251 e. The average molecular weight is 214 g/mol. The average Bonchev–Trinajstić information content (AvgIpc) is 2.66. The van der Waals surface area contributed by atoms with Crippen LogP contribution in [0, 0.1) is 11.3 Å². The lowest BCUT2D eigenvalue weighted by Gasteiger charge is -2.25. The molecule has 1 rings (SSSR count). The first kappa shape index (κ1) is 12.5. The molecule has 0 aromatic heterocycles. The number of hydrogen-bond donors (Lipinski definition) is 2. The number of hydroxylamine groups is 1. The zero-order chi connectivity index (χ0) is 11.3. The highest BCUT2D eigenvalue weighted by atomic mass is 16.7. The summed E-state index contributed by atoms with van der Waals surface area (Å²) in [7, 11) is 0. The number of carbonyl (C=O) groups excluding carboxylic acids is 1. The number of amides is 1. The molecular formula is C11H22N2O2. The Morgan fingerprint density at radius 2 is 2.07 bits per heavy atom. The van der Waals surface area contributed by atoms with Gasteiger partial charge in [0.1, 0.15) is 0 Å². The number of rotatable bonds is 5. The van der Waals surface area contributed by atoms with Crippen LogP contribution in [-0.2, 0) is 9.63 Å². The zero-order valence-corrected chi connectivity index (χ0v) is 9.71. The molecule has 1 amide bonds. The molecule has 0 aromatic carbocycles. The van der Waals surface area contributed by atoms with E-state index < -0.39 is 0 Å². The highest BCUT2D eigenvalue weighted by Gasteiger charge is 2.39. The van der Waals surface area contributed by atoms with Crippen molar-refractivity contribution >= 4 is 5.91 Å². The van der Waals surface area contributed by atoms with E-state index in [4.69, 9.17) is 10.6 Å². The predicted octanol–water partition coefficient (Wildman–Crippen LogP) is 1.21. The van der Waals surface area contributed by atoms with Gasteiger partial charge in [0.05, 0.1) is 12.0 Å². The molecule has 4 nitrogen and oxygen atoms in total. The normalized spacial score (nSPS) is 19.5. The first-order valence-electron chi connectivity index (χ1n) is 5.73. The summed E-state index contributed by atoms with van der Waals surface area (Å²) in [6, 6.07) is 0. The molecular weight excluding hydrogens is 192 g/mol.